The molecule has 0 amide bonds. The van der Waals surface area contributed by atoms with E-state index < -0.39 is 0 Å². The molecule has 2 heterocycles. The fourth-order valence-corrected chi connectivity index (χ4v) is 3.17. The molecule has 0 radical (unpaired) electrons. The molecule has 2 aromatic heterocycles. The van der Waals surface area contributed by atoms with E-state index in [0.717, 1.165) is 6.54 Å². The first kappa shape index (κ1) is 12.3. The van der Waals surface area contributed by atoms with E-state index in [1.165, 1.54) is 21.2 Å². The predicted molar refractivity (Wildman–Crippen MR) is 81.3 cm³/mol. The van der Waals surface area contributed by atoms with Crippen LogP contribution in [0.3, 0.4) is 0 Å². The SMILES string of the molecule is CC(NCc1csc2ccccc12)c1ccncc1. The van der Waals surface area contributed by atoms with E-state index in [9.17, 15) is 0 Å². The van der Waals surface area contributed by atoms with Crippen molar-refractivity contribution < 1.29 is 0 Å². The van der Waals surface area contributed by atoms with Crippen LogP contribution in [-0.4, -0.2) is 4.98 Å². The Bertz CT molecular complexity index is 661. The maximum absolute atomic E-state index is 4.05. The van der Waals surface area contributed by atoms with Gasteiger partial charge in [-0.3, -0.25) is 4.98 Å². The molecule has 0 aliphatic heterocycles. The molecular formula is C16H16N2S. The Balaban J connectivity index is 1.73. The summed E-state index contributed by atoms with van der Waals surface area (Å²) in [5, 5.41) is 7.18. The van der Waals surface area contributed by atoms with Crippen molar-refractivity contribution in [3.05, 3.63) is 65.3 Å². The lowest BCUT2D eigenvalue weighted by atomic mass is 10.1. The molecule has 2 nitrogen and oxygen atoms in total. The van der Waals surface area contributed by atoms with Gasteiger partial charge in [-0.1, -0.05) is 18.2 Å². The highest BCUT2D eigenvalue weighted by molar-refractivity contribution is 7.17. The first-order chi connectivity index (χ1) is 9.34. The third-order valence-electron chi connectivity index (χ3n) is 3.37. The van der Waals surface area contributed by atoms with Crippen molar-refractivity contribution in [3.63, 3.8) is 0 Å². The van der Waals surface area contributed by atoms with Crippen LogP contribution in [0.5, 0.6) is 0 Å². The number of nitrogens with zero attached hydrogens (tertiary/aromatic N) is 1. The van der Waals surface area contributed by atoms with Crippen LogP contribution in [0.1, 0.15) is 24.1 Å². The van der Waals surface area contributed by atoms with Crippen molar-refractivity contribution in [1.29, 1.82) is 0 Å². The topological polar surface area (TPSA) is 24.9 Å². The van der Waals surface area contributed by atoms with Gasteiger partial charge < -0.3 is 5.32 Å². The summed E-state index contributed by atoms with van der Waals surface area (Å²) in [6.07, 6.45) is 3.68. The molecule has 19 heavy (non-hydrogen) atoms. The Kier molecular flexibility index (Phi) is 3.58. The van der Waals surface area contributed by atoms with Crippen LogP contribution in [0.25, 0.3) is 10.1 Å². The van der Waals surface area contributed by atoms with Crippen LogP contribution >= 0.6 is 11.3 Å². The summed E-state index contributed by atoms with van der Waals surface area (Å²) in [7, 11) is 0. The van der Waals surface area contributed by atoms with Crippen molar-refractivity contribution in [2.45, 2.75) is 19.5 Å². The number of thiophene rings is 1. The van der Waals surface area contributed by atoms with E-state index in [1.807, 2.05) is 23.7 Å². The molecular weight excluding hydrogens is 252 g/mol. The fraction of sp³-hybridized carbons (Fsp3) is 0.188. The number of benzene rings is 1. The van der Waals surface area contributed by atoms with Crippen LogP contribution in [0.15, 0.2) is 54.2 Å². The van der Waals surface area contributed by atoms with Crippen molar-refractivity contribution >= 4 is 21.4 Å². The summed E-state index contributed by atoms with van der Waals surface area (Å²) in [6.45, 7) is 3.08. The number of aromatic nitrogens is 1. The second-order valence-corrected chi connectivity index (χ2v) is 5.55. The second-order valence-electron chi connectivity index (χ2n) is 4.64. The second kappa shape index (κ2) is 5.51. The zero-order chi connectivity index (χ0) is 13.1. The normalized spacial score (nSPS) is 12.7. The van der Waals surface area contributed by atoms with Crippen molar-refractivity contribution in [3.8, 4) is 0 Å². The van der Waals surface area contributed by atoms with E-state index in [0.29, 0.717) is 6.04 Å². The monoisotopic (exact) mass is 268 g/mol. The molecule has 0 spiro atoms. The molecule has 0 aliphatic carbocycles. The first-order valence-electron chi connectivity index (χ1n) is 6.43. The van der Waals surface area contributed by atoms with Crippen LogP contribution in [0.2, 0.25) is 0 Å². The highest BCUT2D eigenvalue weighted by Crippen LogP contribution is 2.26. The largest absolute Gasteiger partial charge is 0.306 e. The molecule has 0 bridgehead atoms. The smallest absolute Gasteiger partial charge is 0.0346 e. The van der Waals surface area contributed by atoms with Gasteiger partial charge in [-0.2, -0.15) is 0 Å². The van der Waals surface area contributed by atoms with Gasteiger partial charge in [-0.15, -0.1) is 11.3 Å². The summed E-state index contributed by atoms with van der Waals surface area (Å²) in [5.41, 5.74) is 2.65. The fourth-order valence-electron chi connectivity index (χ4n) is 2.20. The molecule has 0 saturated carbocycles. The van der Waals surface area contributed by atoms with E-state index in [-0.39, 0.29) is 0 Å². The van der Waals surface area contributed by atoms with Gasteiger partial charge in [0.2, 0.25) is 0 Å². The Labute approximate surface area is 117 Å². The Hall–Kier alpha value is -1.71. The summed E-state index contributed by atoms with van der Waals surface area (Å²) < 4.78 is 1.36. The highest BCUT2D eigenvalue weighted by Gasteiger charge is 2.07. The van der Waals surface area contributed by atoms with Crippen LogP contribution in [0.4, 0.5) is 0 Å². The van der Waals surface area contributed by atoms with Gasteiger partial charge in [0, 0.05) is 29.7 Å². The van der Waals surface area contributed by atoms with Gasteiger partial charge in [0.25, 0.3) is 0 Å². The molecule has 0 aliphatic rings. The van der Waals surface area contributed by atoms with Gasteiger partial charge in [0.1, 0.15) is 0 Å². The molecule has 1 atom stereocenters. The number of nitrogens with one attached hydrogen (secondary N) is 1. The van der Waals surface area contributed by atoms with Gasteiger partial charge in [-0.05, 0) is 47.0 Å². The number of fused-ring (bicyclic) bond motifs is 1. The summed E-state index contributed by atoms with van der Waals surface area (Å²) >= 11 is 1.81. The van der Waals surface area contributed by atoms with Gasteiger partial charge in [0.15, 0.2) is 0 Å². The van der Waals surface area contributed by atoms with Crippen molar-refractivity contribution in [2.75, 3.05) is 0 Å². The lowest BCUT2D eigenvalue weighted by Crippen LogP contribution is -2.17. The van der Waals surface area contributed by atoms with Gasteiger partial charge in [0.05, 0.1) is 0 Å². The molecule has 3 rings (SSSR count). The summed E-state index contributed by atoms with van der Waals surface area (Å²) in [5.74, 6) is 0. The molecule has 0 saturated heterocycles. The third kappa shape index (κ3) is 2.67. The zero-order valence-corrected chi connectivity index (χ0v) is 11.7. The molecule has 3 aromatic rings. The highest BCUT2D eigenvalue weighted by atomic mass is 32.1. The predicted octanol–water partition coefficient (Wildman–Crippen LogP) is 4.15. The quantitative estimate of drug-likeness (QED) is 0.769. The number of rotatable bonds is 4. The van der Waals surface area contributed by atoms with E-state index in [2.05, 4.69) is 59.0 Å². The molecule has 1 unspecified atom stereocenters. The third-order valence-corrected chi connectivity index (χ3v) is 4.38. The van der Waals surface area contributed by atoms with Crippen molar-refractivity contribution in [2.24, 2.45) is 0 Å². The molecule has 3 heteroatoms. The van der Waals surface area contributed by atoms with Crippen molar-refractivity contribution in [1.82, 2.24) is 10.3 Å². The van der Waals surface area contributed by atoms with Gasteiger partial charge >= 0.3 is 0 Å². The Morgan fingerprint density at radius 1 is 1.16 bits per heavy atom. The van der Waals surface area contributed by atoms with E-state index in [4.69, 9.17) is 0 Å². The Morgan fingerprint density at radius 2 is 1.95 bits per heavy atom. The molecule has 1 N–H and O–H groups in total. The van der Waals surface area contributed by atoms with E-state index in [1.54, 1.807) is 0 Å². The van der Waals surface area contributed by atoms with E-state index >= 15 is 0 Å². The first-order valence-corrected chi connectivity index (χ1v) is 7.31. The minimum Gasteiger partial charge on any atom is -0.306 e. The van der Waals surface area contributed by atoms with Crippen LogP contribution in [-0.2, 0) is 6.54 Å². The minimum atomic E-state index is 0.335. The molecule has 0 fully saturated rings. The number of hydrogen-bond acceptors (Lipinski definition) is 3. The zero-order valence-electron chi connectivity index (χ0n) is 10.8. The molecule has 96 valence electrons. The van der Waals surface area contributed by atoms with Crippen LogP contribution in [0, 0.1) is 0 Å². The average molecular weight is 268 g/mol. The number of hydrogen-bond donors (Lipinski definition) is 1. The van der Waals surface area contributed by atoms with Gasteiger partial charge in [-0.25, -0.2) is 0 Å². The summed E-state index contributed by atoms with van der Waals surface area (Å²) in [6, 6.07) is 13.0. The Morgan fingerprint density at radius 3 is 2.79 bits per heavy atom. The molecule has 1 aromatic carbocycles. The maximum Gasteiger partial charge on any atom is 0.0346 e. The number of pyridine rings is 1. The standard InChI is InChI=1S/C16H16N2S/c1-12(13-6-8-17-9-7-13)18-10-14-11-19-16-5-3-2-4-15(14)16/h2-9,11-12,18H,10H2,1H3. The average Bonchev–Trinajstić information content (AvgIpc) is 2.89. The maximum atomic E-state index is 4.05. The lowest BCUT2D eigenvalue weighted by Gasteiger charge is -2.13. The summed E-state index contributed by atoms with van der Waals surface area (Å²) in [4.78, 5) is 4.05. The lowest BCUT2D eigenvalue weighted by molar-refractivity contribution is 0.576. The van der Waals surface area contributed by atoms with Crippen LogP contribution < -0.4 is 5.32 Å². The minimum absolute atomic E-state index is 0.335.